The van der Waals surface area contributed by atoms with Gasteiger partial charge in [-0.05, 0) is 6.42 Å². The first-order valence-corrected chi connectivity index (χ1v) is 6.94. The highest BCUT2D eigenvalue weighted by atomic mass is 16.5. The minimum Gasteiger partial charge on any atom is -0.378 e. The van der Waals surface area contributed by atoms with Gasteiger partial charge in [-0.2, -0.15) is 20.3 Å². The lowest BCUT2D eigenvalue weighted by Gasteiger charge is -2.28. The molecule has 1 fully saturated rings. The van der Waals surface area contributed by atoms with Crippen molar-refractivity contribution in [2.45, 2.75) is 19.8 Å². The van der Waals surface area contributed by atoms with E-state index >= 15 is 0 Å². The summed E-state index contributed by atoms with van der Waals surface area (Å²) in [5, 5.41) is 13.5. The van der Waals surface area contributed by atoms with Crippen LogP contribution in [0.4, 0.5) is 17.6 Å². The second kappa shape index (κ2) is 7.40. The quantitative estimate of drug-likeness (QED) is 0.613. The molecule has 0 unspecified atom stereocenters. The summed E-state index contributed by atoms with van der Waals surface area (Å²) < 4.78 is 5.31. The lowest BCUT2D eigenvalue weighted by molar-refractivity contribution is 0.122. The number of nitrogen functional groups attached to an aromatic ring is 1. The maximum atomic E-state index is 9.40. The molecule has 0 saturated carbocycles. The first-order chi connectivity index (χ1) is 10.3. The number of unbranched alkanes of at least 4 members (excludes halogenated alkanes) is 1. The van der Waals surface area contributed by atoms with Crippen LogP contribution in [-0.4, -0.2) is 42.5 Å². The van der Waals surface area contributed by atoms with Gasteiger partial charge >= 0.3 is 0 Å². The fourth-order valence-corrected chi connectivity index (χ4v) is 1.95. The van der Waals surface area contributed by atoms with Gasteiger partial charge in [-0.1, -0.05) is 13.3 Å². The number of nitrogens with zero attached hydrogens (tertiary/aromatic N) is 5. The number of nitrogens with one attached hydrogen (secondary N) is 1. The Bertz CT molecular complexity index is 546. The summed E-state index contributed by atoms with van der Waals surface area (Å²) in [6.45, 7) is 4.61. The normalized spacial score (nSPS) is 15.1. The number of morpholine rings is 1. The topological polar surface area (TPSA) is 112 Å². The molecule has 0 radical (unpaired) electrons. The van der Waals surface area contributed by atoms with Gasteiger partial charge in [0, 0.05) is 19.3 Å². The minimum absolute atomic E-state index is 0.115. The number of hydrogen-bond donors (Lipinski definition) is 2. The van der Waals surface area contributed by atoms with Crippen molar-refractivity contribution in [3.05, 3.63) is 5.56 Å². The van der Waals surface area contributed by atoms with Crippen LogP contribution < -0.4 is 16.1 Å². The highest BCUT2D eigenvalue weighted by Crippen LogP contribution is 2.25. The number of rotatable bonds is 5. The molecule has 0 atom stereocenters. The molecule has 0 spiro atoms. The monoisotopic (exact) mass is 289 g/mol. The third-order valence-electron chi connectivity index (χ3n) is 3.01. The predicted molar refractivity (Wildman–Crippen MR) is 81.2 cm³/mol. The van der Waals surface area contributed by atoms with Crippen LogP contribution in [0.2, 0.25) is 0 Å². The van der Waals surface area contributed by atoms with Gasteiger partial charge in [-0.15, -0.1) is 0 Å². The molecular formula is C13H19N7O. The fourth-order valence-electron chi connectivity index (χ4n) is 1.95. The van der Waals surface area contributed by atoms with E-state index in [4.69, 9.17) is 10.5 Å². The number of nitrogens with two attached hydrogens (primary N) is 1. The molecule has 8 heteroatoms. The Morgan fingerprint density at radius 3 is 2.90 bits per heavy atom. The average Bonchev–Trinajstić information content (AvgIpc) is 2.52. The zero-order valence-corrected chi connectivity index (χ0v) is 12.0. The molecule has 1 aliphatic rings. The second-order valence-corrected chi connectivity index (χ2v) is 4.55. The highest BCUT2D eigenvalue weighted by molar-refractivity contribution is 5.68. The molecule has 2 heterocycles. The van der Waals surface area contributed by atoms with E-state index in [-0.39, 0.29) is 5.95 Å². The molecule has 8 nitrogen and oxygen atoms in total. The average molecular weight is 289 g/mol. The van der Waals surface area contributed by atoms with E-state index < -0.39 is 0 Å². The molecule has 1 saturated heterocycles. The molecule has 1 aliphatic heterocycles. The maximum Gasteiger partial charge on any atom is 0.224 e. The Hall–Kier alpha value is -2.40. The summed E-state index contributed by atoms with van der Waals surface area (Å²) in [4.78, 5) is 10.2. The number of nitriles is 1. The highest BCUT2D eigenvalue weighted by Gasteiger charge is 2.20. The molecule has 112 valence electrons. The Kier molecular flexibility index (Phi) is 5.29. The molecule has 21 heavy (non-hydrogen) atoms. The van der Waals surface area contributed by atoms with Crippen molar-refractivity contribution >= 4 is 23.8 Å². The molecule has 2 rings (SSSR count). The Morgan fingerprint density at radius 1 is 1.48 bits per heavy atom. The molecular weight excluding hydrogens is 270 g/mol. The predicted octanol–water partition coefficient (Wildman–Crippen LogP) is 0.965. The smallest absolute Gasteiger partial charge is 0.224 e. The van der Waals surface area contributed by atoms with E-state index in [9.17, 15) is 5.26 Å². The summed E-state index contributed by atoms with van der Waals surface area (Å²) in [7, 11) is 0. The summed E-state index contributed by atoms with van der Waals surface area (Å²) in [5.41, 5.74) is 8.86. The molecule has 0 aromatic carbocycles. The molecule has 1 aromatic rings. The standard InChI is InChI=1S/C13H19N7O/c1-2-3-4-16-19-11-10(9-14)12(18-13(15)17-11)20-5-7-21-8-6-20/h4H,2-3,5-8H2,1H3,(H3,15,17,18,19)/b16-4+. The molecule has 0 aliphatic carbocycles. The zero-order valence-electron chi connectivity index (χ0n) is 12.0. The largest absolute Gasteiger partial charge is 0.378 e. The number of ether oxygens (including phenoxy) is 1. The molecule has 0 amide bonds. The van der Waals surface area contributed by atoms with Crippen molar-refractivity contribution in [3.8, 4) is 6.07 Å². The third kappa shape index (κ3) is 3.79. The Labute approximate surface area is 123 Å². The van der Waals surface area contributed by atoms with Gasteiger partial charge in [0.25, 0.3) is 0 Å². The van der Waals surface area contributed by atoms with Crippen molar-refractivity contribution in [2.75, 3.05) is 42.4 Å². The molecule has 1 aromatic heterocycles. The summed E-state index contributed by atoms with van der Waals surface area (Å²) in [6, 6.07) is 2.13. The lowest BCUT2D eigenvalue weighted by atomic mass is 10.2. The lowest BCUT2D eigenvalue weighted by Crippen LogP contribution is -2.37. The van der Waals surface area contributed by atoms with Crippen LogP contribution in [0.25, 0.3) is 0 Å². The minimum atomic E-state index is 0.115. The SMILES string of the molecule is CCC/C=N/Nc1nc(N)nc(N2CCOCC2)c1C#N. The third-order valence-corrected chi connectivity index (χ3v) is 3.01. The van der Waals surface area contributed by atoms with Gasteiger partial charge in [0.2, 0.25) is 5.95 Å². The van der Waals surface area contributed by atoms with Crippen molar-refractivity contribution < 1.29 is 4.74 Å². The van der Waals surface area contributed by atoms with Crippen molar-refractivity contribution in [1.29, 1.82) is 5.26 Å². The van der Waals surface area contributed by atoms with E-state index in [2.05, 4.69) is 33.5 Å². The van der Waals surface area contributed by atoms with E-state index in [1.54, 1.807) is 6.21 Å². The van der Waals surface area contributed by atoms with Crippen molar-refractivity contribution in [2.24, 2.45) is 5.10 Å². The van der Waals surface area contributed by atoms with Crippen molar-refractivity contribution in [1.82, 2.24) is 9.97 Å². The van der Waals surface area contributed by atoms with Crippen molar-refractivity contribution in [3.63, 3.8) is 0 Å². The number of hydrazone groups is 1. The summed E-state index contributed by atoms with van der Waals surface area (Å²) in [6.07, 6.45) is 3.60. The van der Waals surface area contributed by atoms with E-state index in [0.29, 0.717) is 43.5 Å². The van der Waals surface area contributed by atoms with Crippen LogP contribution in [0.3, 0.4) is 0 Å². The Morgan fingerprint density at radius 2 is 2.24 bits per heavy atom. The van der Waals surface area contributed by atoms with Crippen LogP contribution >= 0.6 is 0 Å². The second-order valence-electron chi connectivity index (χ2n) is 4.55. The molecule has 3 N–H and O–H groups in total. The summed E-state index contributed by atoms with van der Waals surface area (Å²) >= 11 is 0. The van der Waals surface area contributed by atoms with Crippen LogP contribution in [0.5, 0.6) is 0 Å². The zero-order chi connectivity index (χ0) is 15.1. The van der Waals surface area contributed by atoms with Gasteiger partial charge in [-0.3, -0.25) is 5.43 Å². The van der Waals surface area contributed by atoms with E-state index in [0.717, 1.165) is 12.8 Å². The van der Waals surface area contributed by atoms with E-state index in [1.807, 2.05) is 4.90 Å². The van der Waals surface area contributed by atoms with Crippen LogP contribution in [0, 0.1) is 11.3 Å². The maximum absolute atomic E-state index is 9.40. The van der Waals surface area contributed by atoms with Crippen LogP contribution in [0.15, 0.2) is 5.10 Å². The van der Waals surface area contributed by atoms with Gasteiger partial charge in [-0.25, -0.2) is 0 Å². The van der Waals surface area contributed by atoms with E-state index in [1.165, 1.54) is 0 Å². The number of anilines is 3. The fraction of sp³-hybridized carbons (Fsp3) is 0.538. The summed E-state index contributed by atoms with van der Waals surface area (Å²) in [5.74, 6) is 0.976. The Balaban J connectivity index is 2.28. The van der Waals surface area contributed by atoms with Gasteiger partial charge < -0.3 is 15.4 Å². The number of hydrogen-bond acceptors (Lipinski definition) is 8. The van der Waals surface area contributed by atoms with Gasteiger partial charge in [0.05, 0.1) is 13.2 Å². The van der Waals surface area contributed by atoms with Gasteiger partial charge in [0.1, 0.15) is 11.6 Å². The van der Waals surface area contributed by atoms with Crippen LogP contribution in [-0.2, 0) is 4.74 Å². The number of aromatic nitrogens is 2. The first-order valence-electron chi connectivity index (χ1n) is 6.94. The van der Waals surface area contributed by atoms with Gasteiger partial charge in [0.15, 0.2) is 11.6 Å². The first kappa shape index (κ1) is 15.0. The molecule has 0 bridgehead atoms. The van der Waals surface area contributed by atoms with Crippen LogP contribution in [0.1, 0.15) is 25.3 Å².